The van der Waals surface area contributed by atoms with Gasteiger partial charge in [-0.2, -0.15) is 0 Å². The lowest BCUT2D eigenvalue weighted by Gasteiger charge is -2.28. The fraction of sp³-hybridized carbons (Fsp3) is 0. The number of rotatable bonds is 7. The van der Waals surface area contributed by atoms with Crippen LogP contribution in [-0.4, -0.2) is 0 Å². The second kappa shape index (κ2) is 14.3. The SMILES string of the molecule is c1ccc(-c2cccc3cccc(-c4ccccc4N(c4ccc(-c5cccc6c5oc5ccccc56)cc4)c4ccc(-c5cccc6c5oc5ccccc56)cc4)c23)cc1. The predicted molar refractivity (Wildman–Crippen MR) is 255 cm³/mol. The van der Waals surface area contributed by atoms with E-state index in [0.29, 0.717) is 0 Å². The highest BCUT2D eigenvalue weighted by Gasteiger charge is 2.21. The van der Waals surface area contributed by atoms with Gasteiger partial charge in [0.25, 0.3) is 0 Å². The van der Waals surface area contributed by atoms with Crippen molar-refractivity contribution < 1.29 is 8.83 Å². The zero-order chi connectivity index (χ0) is 40.3. The van der Waals surface area contributed by atoms with Crippen LogP contribution in [0, 0.1) is 0 Å². The van der Waals surface area contributed by atoms with Crippen molar-refractivity contribution in [3.63, 3.8) is 0 Å². The first kappa shape index (κ1) is 34.9. The van der Waals surface area contributed by atoms with Crippen molar-refractivity contribution in [2.75, 3.05) is 4.90 Å². The van der Waals surface area contributed by atoms with Gasteiger partial charge in [-0.3, -0.25) is 0 Å². The number of furan rings is 2. The number of para-hydroxylation sites is 5. The molecule has 3 heteroatoms. The minimum Gasteiger partial charge on any atom is -0.455 e. The van der Waals surface area contributed by atoms with Crippen LogP contribution in [0.3, 0.4) is 0 Å². The lowest BCUT2D eigenvalue weighted by Crippen LogP contribution is -2.11. The fourth-order valence-corrected chi connectivity index (χ4v) is 9.28. The molecule has 0 spiro atoms. The van der Waals surface area contributed by atoms with Gasteiger partial charge in [-0.1, -0.05) is 182 Å². The summed E-state index contributed by atoms with van der Waals surface area (Å²) in [7, 11) is 0. The average Bonchev–Trinajstić information content (AvgIpc) is 3.91. The van der Waals surface area contributed by atoms with Gasteiger partial charge in [0.1, 0.15) is 22.3 Å². The van der Waals surface area contributed by atoms with Crippen LogP contribution in [0.1, 0.15) is 0 Å². The van der Waals surface area contributed by atoms with E-state index in [9.17, 15) is 0 Å². The van der Waals surface area contributed by atoms with Gasteiger partial charge in [0.05, 0.1) is 5.69 Å². The van der Waals surface area contributed by atoms with Crippen LogP contribution in [-0.2, 0) is 0 Å². The van der Waals surface area contributed by atoms with Gasteiger partial charge >= 0.3 is 0 Å². The molecule has 0 saturated carbocycles. The highest BCUT2D eigenvalue weighted by atomic mass is 16.3. The Morgan fingerprint density at radius 3 is 1.30 bits per heavy atom. The zero-order valence-corrected chi connectivity index (χ0v) is 33.1. The van der Waals surface area contributed by atoms with Gasteiger partial charge in [0, 0.05) is 49.6 Å². The van der Waals surface area contributed by atoms with Gasteiger partial charge in [0.2, 0.25) is 0 Å². The van der Waals surface area contributed by atoms with E-state index >= 15 is 0 Å². The minimum absolute atomic E-state index is 0.896. The number of fused-ring (bicyclic) bond motifs is 7. The summed E-state index contributed by atoms with van der Waals surface area (Å²) >= 11 is 0. The van der Waals surface area contributed by atoms with Crippen molar-refractivity contribution in [3.05, 3.63) is 224 Å². The molecule has 12 rings (SSSR count). The van der Waals surface area contributed by atoms with Crippen molar-refractivity contribution in [1.82, 2.24) is 0 Å². The van der Waals surface area contributed by atoms with Gasteiger partial charge < -0.3 is 13.7 Å². The molecule has 0 amide bonds. The second-order valence-electron chi connectivity index (χ2n) is 15.6. The lowest BCUT2D eigenvalue weighted by molar-refractivity contribution is 0.669. The van der Waals surface area contributed by atoms with E-state index in [1.165, 1.54) is 27.5 Å². The van der Waals surface area contributed by atoms with E-state index in [2.05, 4.69) is 205 Å². The van der Waals surface area contributed by atoms with Gasteiger partial charge in [-0.05, 0) is 81.1 Å². The quantitative estimate of drug-likeness (QED) is 0.161. The topological polar surface area (TPSA) is 29.5 Å². The molecule has 10 aromatic carbocycles. The summed E-state index contributed by atoms with van der Waals surface area (Å²) in [4.78, 5) is 2.39. The molecular weight excluding hydrogens is 743 g/mol. The van der Waals surface area contributed by atoms with Crippen LogP contribution in [0.5, 0.6) is 0 Å². The van der Waals surface area contributed by atoms with Gasteiger partial charge in [-0.15, -0.1) is 0 Å². The number of nitrogens with zero attached hydrogens (tertiary/aromatic N) is 1. The van der Waals surface area contributed by atoms with E-state index in [0.717, 1.165) is 88.8 Å². The van der Waals surface area contributed by atoms with Crippen LogP contribution in [0.15, 0.2) is 233 Å². The van der Waals surface area contributed by atoms with E-state index in [1.54, 1.807) is 0 Å². The van der Waals surface area contributed by atoms with Crippen LogP contribution in [0.4, 0.5) is 17.1 Å². The first-order valence-electron chi connectivity index (χ1n) is 20.7. The number of benzene rings is 10. The van der Waals surface area contributed by atoms with Crippen LogP contribution in [0.25, 0.3) is 99.2 Å². The molecule has 0 atom stereocenters. The van der Waals surface area contributed by atoms with Gasteiger partial charge in [0.15, 0.2) is 0 Å². The predicted octanol–water partition coefficient (Wildman–Crippen LogP) is 16.8. The molecule has 0 radical (unpaired) electrons. The smallest absolute Gasteiger partial charge is 0.143 e. The molecule has 0 N–H and O–H groups in total. The largest absolute Gasteiger partial charge is 0.455 e. The molecule has 12 aromatic rings. The third-order valence-electron chi connectivity index (χ3n) is 12.1. The number of hydrogen-bond acceptors (Lipinski definition) is 3. The molecule has 0 aliphatic carbocycles. The maximum absolute atomic E-state index is 6.47. The van der Waals surface area contributed by atoms with Crippen LogP contribution in [0.2, 0.25) is 0 Å². The van der Waals surface area contributed by atoms with Crippen molar-refractivity contribution in [2.45, 2.75) is 0 Å². The van der Waals surface area contributed by atoms with Crippen molar-refractivity contribution >= 4 is 71.7 Å². The Kier molecular flexibility index (Phi) is 8.17. The first-order chi connectivity index (χ1) is 30.3. The summed E-state index contributed by atoms with van der Waals surface area (Å²) in [6.07, 6.45) is 0. The average molecular weight is 780 g/mol. The van der Waals surface area contributed by atoms with Gasteiger partial charge in [-0.25, -0.2) is 0 Å². The van der Waals surface area contributed by atoms with E-state index in [1.807, 2.05) is 24.3 Å². The van der Waals surface area contributed by atoms with Crippen LogP contribution < -0.4 is 4.90 Å². The standard InChI is InChI=1S/C58H37NO2/c1-2-14-38(15-3-1)44-21-10-16-41-17-11-24-50(56(41)44)47-18-4-7-27-53(47)59(42-34-30-39(31-35-42)45-22-12-25-51-48-19-5-8-28-54(48)60-57(45)51)43-36-32-40(33-37-43)46-23-13-26-52-49-20-6-9-29-55(49)61-58(46)52/h1-37H. The summed E-state index contributed by atoms with van der Waals surface area (Å²) in [6, 6.07) is 79.9. The molecule has 61 heavy (non-hydrogen) atoms. The third-order valence-corrected chi connectivity index (χ3v) is 12.1. The maximum Gasteiger partial charge on any atom is 0.143 e. The molecule has 0 aliphatic rings. The molecule has 286 valence electrons. The molecule has 0 saturated heterocycles. The second-order valence-corrected chi connectivity index (χ2v) is 15.6. The molecule has 0 fully saturated rings. The summed E-state index contributed by atoms with van der Waals surface area (Å²) in [5.74, 6) is 0. The highest BCUT2D eigenvalue weighted by molar-refractivity contribution is 6.12. The Morgan fingerprint density at radius 1 is 0.279 bits per heavy atom. The Bertz CT molecular complexity index is 3420. The molecule has 0 bridgehead atoms. The molecule has 2 aromatic heterocycles. The molecule has 3 nitrogen and oxygen atoms in total. The van der Waals surface area contributed by atoms with Crippen LogP contribution >= 0.6 is 0 Å². The van der Waals surface area contributed by atoms with E-state index < -0.39 is 0 Å². The first-order valence-corrected chi connectivity index (χ1v) is 20.7. The Morgan fingerprint density at radius 2 is 0.705 bits per heavy atom. The van der Waals surface area contributed by atoms with E-state index in [4.69, 9.17) is 8.83 Å². The Balaban J connectivity index is 1.03. The molecule has 2 heterocycles. The molecular formula is C58H37NO2. The van der Waals surface area contributed by atoms with Crippen molar-refractivity contribution in [1.29, 1.82) is 0 Å². The van der Waals surface area contributed by atoms with Crippen molar-refractivity contribution in [3.8, 4) is 44.5 Å². The Hall–Kier alpha value is -8.14. The minimum atomic E-state index is 0.896. The Labute approximate surface area is 353 Å². The van der Waals surface area contributed by atoms with E-state index in [-0.39, 0.29) is 0 Å². The number of anilines is 3. The highest BCUT2D eigenvalue weighted by Crippen LogP contribution is 2.46. The number of hydrogen-bond donors (Lipinski definition) is 0. The molecule has 0 aliphatic heterocycles. The summed E-state index contributed by atoms with van der Waals surface area (Å²) in [6.45, 7) is 0. The summed E-state index contributed by atoms with van der Waals surface area (Å²) < 4.78 is 12.9. The maximum atomic E-state index is 6.47. The normalized spacial score (nSPS) is 11.6. The monoisotopic (exact) mass is 779 g/mol. The third kappa shape index (κ3) is 5.82. The van der Waals surface area contributed by atoms with Crippen molar-refractivity contribution in [2.24, 2.45) is 0 Å². The molecule has 0 unspecified atom stereocenters. The summed E-state index contributed by atoms with van der Waals surface area (Å²) in [5, 5.41) is 6.93. The summed E-state index contributed by atoms with van der Waals surface area (Å²) in [5.41, 5.74) is 15.8. The zero-order valence-electron chi connectivity index (χ0n) is 33.1. The lowest BCUT2D eigenvalue weighted by atomic mass is 9.90. The fourth-order valence-electron chi connectivity index (χ4n) is 9.28.